The number of nitro benzene ring substituents is 1. The summed E-state index contributed by atoms with van der Waals surface area (Å²) in [7, 11) is 0. The van der Waals surface area contributed by atoms with Crippen LogP contribution in [-0.2, 0) is 9.53 Å². The van der Waals surface area contributed by atoms with Crippen molar-refractivity contribution >= 4 is 39.8 Å². The summed E-state index contributed by atoms with van der Waals surface area (Å²) in [5.41, 5.74) is -0.122. The fourth-order valence-corrected chi connectivity index (χ4v) is 4.71. The molecule has 4 rings (SSSR count). The minimum atomic E-state index is -1.26. The number of Topliss-reactive ketones (excluding diaryl/α,β-unsaturated/α-hetero) is 1. The number of nitro groups is 1. The smallest absolute Gasteiger partial charge is 0.350 e. The van der Waals surface area contributed by atoms with E-state index < -0.39 is 34.4 Å². The monoisotopic (exact) mass is 497 g/mol. The maximum atomic E-state index is 13.3. The molecule has 180 valence electrons. The van der Waals surface area contributed by atoms with Gasteiger partial charge in [0.25, 0.3) is 11.6 Å². The van der Waals surface area contributed by atoms with E-state index in [1.165, 1.54) is 30.3 Å². The van der Waals surface area contributed by atoms with Crippen molar-refractivity contribution in [1.82, 2.24) is 4.98 Å². The molecule has 0 saturated heterocycles. The number of ether oxygens (including phenoxy) is 1. The number of aromatic nitrogens is 1. The van der Waals surface area contributed by atoms with E-state index in [4.69, 9.17) is 9.15 Å². The molecule has 1 atom stereocenters. The molecule has 0 spiro atoms. The number of carbonyl (C=O) groups excluding carboxylic acids is 3. The first-order valence-corrected chi connectivity index (χ1v) is 11.2. The largest absolute Gasteiger partial charge is 0.503 e. The normalized spacial score (nSPS) is 15.6. The van der Waals surface area contributed by atoms with Gasteiger partial charge in [0.15, 0.2) is 16.7 Å². The fourth-order valence-electron chi connectivity index (χ4n) is 3.72. The van der Waals surface area contributed by atoms with Gasteiger partial charge >= 0.3 is 5.97 Å². The van der Waals surface area contributed by atoms with Gasteiger partial charge in [-0.15, -0.1) is 0 Å². The molecule has 0 radical (unpaired) electrons. The maximum Gasteiger partial charge on any atom is 0.350 e. The number of furan rings is 1. The first-order valence-electron chi connectivity index (χ1n) is 10.4. The number of carbonyl (C=O) groups is 3. The van der Waals surface area contributed by atoms with Gasteiger partial charge in [-0.05, 0) is 38.5 Å². The van der Waals surface area contributed by atoms with Crippen LogP contribution in [0.25, 0.3) is 0 Å². The second-order valence-electron chi connectivity index (χ2n) is 7.56. The van der Waals surface area contributed by atoms with Gasteiger partial charge in [0, 0.05) is 12.1 Å². The number of aliphatic hydroxyl groups is 1. The summed E-state index contributed by atoms with van der Waals surface area (Å²) >= 11 is 0.846. The Kier molecular flexibility index (Phi) is 6.22. The quantitative estimate of drug-likeness (QED) is 0.219. The fraction of sp³-hybridized carbons (Fsp3) is 0.217. The second kappa shape index (κ2) is 9.14. The highest BCUT2D eigenvalue weighted by Crippen LogP contribution is 2.44. The number of non-ortho nitro benzene ring substituents is 1. The van der Waals surface area contributed by atoms with E-state index in [-0.39, 0.29) is 44.9 Å². The number of thiazole rings is 1. The standard InChI is InChI=1S/C23H19N3O8S/c1-4-33-22(30)20-12(3)24-23(35-20)25-17(13-6-5-7-14(10-13)26(31)32)16(19(28)21(25)29)18(27)15-9-8-11(2)34-15/h5-10,17,28H,4H2,1-3H3/t17-/m1/s1. The van der Waals surface area contributed by atoms with Crippen LogP contribution in [0.4, 0.5) is 10.8 Å². The Morgan fingerprint density at radius 3 is 2.66 bits per heavy atom. The van der Waals surface area contributed by atoms with Gasteiger partial charge in [-0.25, -0.2) is 9.78 Å². The number of aliphatic hydroxyl groups excluding tert-OH is 1. The molecule has 12 heteroatoms. The minimum Gasteiger partial charge on any atom is -0.503 e. The molecular formula is C23H19N3O8S. The molecular weight excluding hydrogens is 478 g/mol. The Hall–Kier alpha value is -4.32. The molecule has 1 amide bonds. The van der Waals surface area contributed by atoms with Crippen molar-refractivity contribution in [2.45, 2.75) is 26.8 Å². The molecule has 1 aromatic carbocycles. The van der Waals surface area contributed by atoms with Gasteiger partial charge in [-0.2, -0.15) is 0 Å². The molecule has 3 heterocycles. The maximum absolute atomic E-state index is 13.3. The Morgan fingerprint density at radius 2 is 2.03 bits per heavy atom. The first-order chi connectivity index (χ1) is 16.6. The van der Waals surface area contributed by atoms with Crippen molar-refractivity contribution < 1.29 is 33.6 Å². The van der Waals surface area contributed by atoms with Crippen molar-refractivity contribution in [2.75, 3.05) is 11.5 Å². The average Bonchev–Trinajstić information content (AvgIpc) is 3.50. The lowest BCUT2D eigenvalue weighted by Crippen LogP contribution is -2.31. The van der Waals surface area contributed by atoms with E-state index in [1.807, 2.05) is 0 Å². The number of ketones is 1. The molecule has 3 aromatic rings. The van der Waals surface area contributed by atoms with E-state index in [1.54, 1.807) is 26.8 Å². The van der Waals surface area contributed by atoms with Gasteiger partial charge in [0.05, 0.1) is 28.8 Å². The molecule has 0 unspecified atom stereocenters. The van der Waals surface area contributed by atoms with Crippen LogP contribution in [0.1, 0.15) is 50.2 Å². The first kappa shape index (κ1) is 23.8. The van der Waals surface area contributed by atoms with Crippen molar-refractivity contribution in [3.63, 3.8) is 0 Å². The highest BCUT2D eigenvalue weighted by Gasteiger charge is 2.47. The number of rotatable bonds is 7. The zero-order valence-corrected chi connectivity index (χ0v) is 19.6. The number of anilines is 1. The second-order valence-corrected chi connectivity index (χ2v) is 8.54. The van der Waals surface area contributed by atoms with Crippen LogP contribution in [0, 0.1) is 24.0 Å². The van der Waals surface area contributed by atoms with Crippen molar-refractivity contribution in [1.29, 1.82) is 0 Å². The Balaban J connectivity index is 1.88. The van der Waals surface area contributed by atoms with Crippen LogP contribution >= 0.6 is 11.3 Å². The van der Waals surface area contributed by atoms with Crippen molar-refractivity contribution in [3.8, 4) is 0 Å². The number of hydrogen-bond donors (Lipinski definition) is 1. The summed E-state index contributed by atoms with van der Waals surface area (Å²) < 4.78 is 10.4. The number of amides is 1. The Morgan fingerprint density at radius 1 is 1.29 bits per heavy atom. The molecule has 35 heavy (non-hydrogen) atoms. The summed E-state index contributed by atoms with van der Waals surface area (Å²) in [5.74, 6) is -2.86. The molecule has 1 N–H and O–H groups in total. The lowest BCUT2D eigenvalue weighted by atomic mass is 9.95. The van der Waals surface area contributed by atoms with E-state index in [0.29, 0.717) is 5.76 Å². The van der Waals surface area contributed by atoms with Gasteiger partial charge in [0.2, 0.25) is 5.78 Å². The zero-order valence-electron chi connectivity index (χ0n) is 18.8. The van der Waals surface area contributed by atoms with Gasteiger partial charge in [-0.1, -0.05) is 23.5 Å². The third-order valence-corrected chi connectivity index (χ3v) is 6.40. The SMILES string of the molecule is CCOC(=O)c1sc(N2C(=O)C(O)=C(C(=O)c3ccc(C)o3)[C@H]2c2cccc([N+](=O)[O-])c2)nc1C. The lowest BCUT2D eigenvalue weighted by molar-refractivity contribution is -0.384. The van der Waals surface area contributed by atoms with E-state index in [2.05, 4.69) is 4.98 Å². The van der Waals surface area contributed by atoms with E-state index in [0.717, 1.165) is 16.2 Å². The van der Waals surface area contributed by atoms with Crippen LogP contribution in [0.2, 0.25) is 0 Å². The third kappa shape index (κ3) is 4.19. The highest BCUT2D eigenvalue weighted by atomic mass is 32.1. The van der Waals surface area contributed by atoms with Gasteiger partial charge in [-0.3, -0.25) is 24.6 Å². The predicted octanol–water partition coefficient (Wildman–Crippen LogP) is 4.22. The van der Waals surface area contributed by atoms with E-state index in [9.17, 15) is 29.6 Å². The predicted molar refractivity (Wildman–Crippen MR) is 124 cm³/mol. The minimum absolute atomic E-state index is 0.0111. The van der Waals surface area contributed by atoms with Gasteiger partial charge < -0.3 is 14.3 Å². The van der Waals surface area contributed by atoms with Gasteiger partial charge in [0.1, 0.15) is 10.6 Å². The lowest BCUT2D eigenvalue weighted by Gasteiger charge is -2.24. The number of aryl methyl sites for hydroxylation is 2. The Labute approximate surface area is 202 Å². The average molecular weight is 497 g/mol. The molecule has 2 aromatic heterocycles. The summed E-state index contributed by atoms with van der Waals surface area (Å²) in [6, 6.07) is 7.06. The highest BCUT2D eigenvalue weighted by molar-refractivity contribution is 7.17. The van der Waals surface area contributed by atoms with E-state index >= 15 is 0 Å². The molecule has 0 saturated carbocycles. The number of nitrogens with zero attached hydrogens (tertiary/aromatic N) is 3. The molecule has 0 fully saturated rings. The van der Waals surface area contributed by atoms with Crippen LogP contribution in [0.15, 0.2) is 52.1 Å². The van der Waals surface area contributed by atoms with Crippen LogP contribution in [-0.4, -0.2) is 39.3 Å². The number of hydrogen-bond acceptors (Lipinski definition) is 10. The molecule has 0 aliphatic carbocycles. The molecule has 1 aliphatic heterocycles. The molecule has 1 aliphatic rings. The third-order valence-electron chi connectivity index (χ3n) is 5.27. The zero-order chi connectivity index (χ0) is 25.4. The van der Waals surface area contributed by atoms with Crippen LogP contribution < -0.4 is 4.90 Å². The van der Waals surface area contributed by atoms with Crippen LogP contribution in [0.3, 0.4) is 0 Å². The summed E-state index contributed by atoms with van der Waals surface area (Å²) in [5, 5.41) is 22.2. The Bertz CT molecular complexity index is 1400. The van der Waals surface area contributed by atoms with Crippen molar-refractivity contribution in [3.05, 3.63) is 85.5 Å². The molecule has 0 bridgehead atoms. The topological polar surface area (TPSA) is 153 Å². The molecule has 11 nitrogen and oxygen atoms in total. The summed E-state index contributed by atoms with van der Waals surface area (Å²) in [6.07, 6.45) is 0. The van der Waals surface area contributed by atoms with Crippen molar-refractivity contribution in [2.24, 2.45) is 0 Å². The van der Waals surface area contributed by atoms with Crippen LogP contribution in [0.5, 0.6) is 0 Å². The summed E-state index contributed by atoms with van der Waals surface area (Å²) in [6.45, 7) is 4.96. The summed E-state index contributed by atoms with van der Waals surface area (Å²) in [4.78, 5) is 55.2. The number of esters is 1. The number of benzene rings is 1.